The summed E-state index contributed by atoms with van der Waals surface area (Å²) in [7, 11) is 0. The Morgan fingerprint density at radius 2 is 2.24 bits per heavy atom. The van der Waals surface area contributed by atoms with Crippen LogP contribution in [0.4, 0.5) is 5.82 Å². The van der Waals surface area contributed by atoms with Gasteiger partial charge < -0.3 is 26.1 Å². The molecule has 10 nitrogen and oxygen atoms in total. The first kappa shape index (κ1) is 18.8. The fourth-order valence-corrected chi connectivity index (χ4v) is 2.97. The number of aryl methyl sites for hydroxylation is 1. The third-order valence-electron chi connectivity index (χ3n) is 4.31. The van der Waals surface area contributed by atoms with E-state index in [-0.39, 0.29) is 43.2 Å². The van der Waals surface area contributed by atoms with Gasteiger partial charge in [0.15, 0.2) is 0 Å². The second kappa shape index (κ2) is 8.56. The van der Waals surface area contributed by atoms with E-state index in [9.17, 15) is 19.7 Å². The molecule has 25 heavy (non-hydrogen) atoms. The molecule has 2 rings (SSSR count). The van der Waals surface area contributed by atoms with Gasteiger partial charge in [-0.25, -0.2) is 0 Å². The van der Waals surface area contributed by atoms with E-state index in [4.69, 9.17) is 5.73 Å². The largest absolute Gasteiger partial charge is 0.381 e. The van der Waals surface area contributed by atoms with Crippen molar-refractivity contribution < 1.29 is 14.5 Å². The van der Waals surface area contributed by atoms with Crippen LogP contribution in [0.15, 0.2) is 6.20 Å². The van der Waals surface area contributed by atoms with Gasteiger partial charge in [0.05, 0.1) is 0 Å². The average molecular weight is 352 g/mol. The lowest BCUT2D eigenvalue weighted by molar-refractivity contribution is -0.389. The number of amides is 2. The molecule has 138 valence electrons. The van der Waals surface area contributed by atoms with Crippen LogP contribution >= 0.6 is 0 Å². The zero-order chi connectivity index (χ0) is 18.4. The number of carbonyl (C=O) groups excluding carboxylic acids is 2. The highest BCUT2D eigenvalue weighted by Crippen LogP contribution is 2.18. The Morgan fingerprint density at radius 3 is 2.88 bits per heavy atom. The molecule has 1 unspecified atom stereocenters. The molecule has 0 spiro atoms. The molecule has 3 N–H and O–H groups in total. The summed E-state index contributed by atoms with van der Waals surface area (Å²) in [5, 5.41) is 13.6. The maximum absolute atomic E-state index is 12.7. The summed E-state index contributed by atoms with van der Waals surface area (Å²) in [5.41, 5.74) is 5.36. The Morgan fingerprint density at radius 1 is 1.48 bits per heavy atom. The van der Waals surface area contributed by atoms with Gasteiger partial charge in [-0.15, -0.1) is 0 Å². The zero-order valence-electron chi connectivity index (χ0n) is 14.3. The molecule has 2 heterocycles. The van der Waals surface area contributed by atoms with Crippen LogP contribution in [-0.4, -0.2) is 56.9 Å². The van der Waals surface area contributed by atoms with Crippen molar-refractivity contribution in [2.45, 2.75) is 45.2 Å². The number of aromatic nitrogens is 2. The van der Waals surface area contributed by atoms with Gasteiger partial charge in [0.2, 0.25) is 17.6 Å². The van der Waals surface area contributed by atoms with Crippen molar-refractivity contribution in [3.05, 3.63) is 22.1 Å². The van der Waals surface area contributed by atoms with E-state index < -0.39 is 4.92 Å². The minimum absolute atomic E-state index is 0.0000796. The summed E-state index contributed by atoms with van der Waals surface area (Å²) in [6.07, 6.45) is 4.25. The predicted octanol–water partition coefficient (Wildman–Crippen LogP) is -0.0542. The Kier molecular flexibility index (Phi) is 6.45. The maximum atomic E-state index is 12.7. The third kappa shape index (κ3) is 4.99. The summed E-state index contributed by atoms with van der Waals surface area (Å²) < 4.78 is 1.49. The van der Waals surface area contributed by atoms with Gasteiger partial charge in [-0.3, -0.25) is 14.2 Å². The van der Waals surface area contributed by atoms with Crippen LogP contribution in [0.2, 0.25) is 0 Å². The lowest BCUT2D eigenvalue weighted by atomic mass is 10.0. The molecule has 1 aromatic heterocycles. The first-order valence-electron chi connectivity index (χ1n) is 8.36. The first-order valence-corrected chi connectivity index (χ1v) is 8.36. The number of nitrogens with two attached hydrogens (primary N) is 1. The smallest absolute Gasteiger partial charge is 0.358 e. The van der Waals surface area contributed by atoms with Crippen LogP contribution < -0.4 is 11.1 Å². The number of hydrogen-bond acceptors (Lipinski definition) is 6. The maximum Gasteiger partial charge on any atom is 0.381 e. The van der Waals surface area contributed by atoms with E-state index in [0.717, 1.165) is 19.3 Å². The van der Waals surface area contributed by atoms with Gasteiger partial charge >= 0.3 is 5.82 Å². The van der Waals surface area contributed by atoms with Crippen molar-refractivity contribution in [2.75, 3.05) is 19.6 Å². The molecule has 0 aliphatic carbocycles. The number of nitrogens with one attached hydrogen (secondary N) is 1. The second-order valence-corrected chi connectivity index (χ2v) is 6.11. The Hall–Kier alpha value is -2.49. The van der Waals surface area contributed by atoms with Crippen molar-refractivity contribution in [2.24, 2.45) is 5.73 Å². The summed E-state index contributed by atoms with van der Waals surface area (Å²) in [6.45, 7) is 2.93. The minimum atomic E-state index is -0.579. The topological polar surface area (TPSA) is 136 Å². The Bertz CT molecular complexity index is 644. The summed E-state index contributed by atoms with van der Waals surface area (Å²) in [6, 6.07) is -0.0678. The molecule has 1 saturated heterocycles. The van der Waals surface area contributed by atoms with E-state index in [1.165, 1.54) is 10.8 Å². The number of nitro groups is 1. The molecule has 2 amide bonds. The Balaban J connectivity index is 2.00. The minimum Gasteiger partial charge on any atom is -0.358 e. The molecular weight excluding hydrogens is 328 g/mol. The molecule has 0 radical (unpaired) electrons. The van der Waals surface area contributed by atoms with Gasteiger partial charge in [0, 0.05) is 39.0 Å². The van der Waals surface area contributed by atoms with E-state index in [2.05, 4.69) is 10.3 Å². The van der Waals surface area contributed by atoms with Crippen molar-refractivity contribution in [1.82, 2.24) is 19.8 Å². The number of likely N-dealkylation sites (tertiary alicyclic amines) is 1. The number of nitrogens with zero attached hydrogens (tertiary/aromatic N) is 4. The monoisotopic (exact) mass is 352 g/mol. The van der Waals surface area contributed by atoms with Crippen molar-refractivity contribution in [3.8, 4) is 0 Å². The van der Waals surface area contributed by atoms with Crippen molar-refractivity contribution in [1.29, 1.82) is 0 Å². The van der Waals surface area contributed by atoms with Gasteiger partial charge in [0.25, 0.3) is 0 Å². The van der Waals surface area contributed by atoms with Crippen LogP contribution in [0.5, 0.6) is 0 Å². The lowest BCUT2D eigenvalue weighted by Crippen LogP contribution is -2.50. The fourth-order valence-electron chi connectivity index (χ4n) is 2.97. The number of piperidine rings is 1. The van der Waals surface area contributed by atoms with Crippen LogP contribution in [0.1, 0.15) is 31.5 Å². The molecule has 0 aromatic carbocycles. The molecule has 0 saturated carbocycles. The third-order valence-corrected chi connectivity index (χ3v) is 4.31. The summed E-state index contributed by atoms with van der Waals surface area (Å²) in [4.78, 5) is 40.0. The van der Waals surface area contributed by atoms with E-state index in [1.807, 2.05) is 0 Å². The summed E-state index contributed by atoms with van der Waals surface area (Å²) >= 11 is 0. The molecular formula is C15H24N6O4. The first-order chi connectivity index (χ1) is 11.9. The highest BCUT2D eigenvalue weighted by Gasteiger charge is 2.28. The molecule has 1 aliphatic rings. The highest BCUT2D eigenvalue weighted by atomic mass is 16.6. The Labute approximate surface area is 145 Å². The lowest BCUT2D eigenvalue weighted by Gasteiger charge is -2.36. The predicted molar refractivity (Wildman–Crippen MR) is 89.7 cm³/mol. The van der Waals surface area contributed by atoms with Crippen molar-refractivity contribution in [3.63, 3.8) is 0 Å². The van der Waals surface area contributed by atoms with E-state index in [1.54, 1.807) is 11.8 Å². The molecule has 10 heteroatoms. The standard InChI is InChI=1S/C15H24N6O4/c1-11-18-13(21(24)25)9-19(11)10-15(23)20-7-3-2-4-12(20)8-17-14(22)5-6-16/h9,12H,2-8,10,16H2,1H3,(H,17,22). The van der Waals surface area contributed by atoms with Crippen LogP contribution in [0.3, 0.4) is 0 Å². The summed E-state index contributed by atoms with van der Waals surface area (Å²) in [5.74, 6) is -0.103. The van der Waals surface area contributed by atoms with Crippen LogP contribution in [0.25, 0.3) is 0 Å². The number of imidazole rings is 1. The molecule has 1 atom stereocenters. The molecule has 1 aromatic rings. The fraction of sp³-hybridized carbons (Fsp3) is 0.667. The van der Waals surface area contributed by atoms with Crippen LogP contribution in [-0.2, 0) is 16.1 Å². The zero-order valence-corrected chi connectivity index (χ0v) is 14.3. The van der Waals surface area contributed by atoms with Crippen LogP contribution in [0, 0.1) is 17.0 Å². The van der Waals surface area contributed by atoms with Gasteiger partial charge in [-0.05, 0) is 29.2 Å². The van der Waals surface area contributed by atoms with Gasteiger partial charge in [0.1, 0.15) is 12.7 Å². The molecule has 0 bridgehead atoms. The normalized spacial score (nSPS) is 17.4. The van der Waals surface area contributed by atoms with E-state index >= 15 is 0 Å². The average Bonchev–Trinajstić information content (AvgIpc) is 2.94. The highest BCUT2D eigenvalue weighted by molar-refractivity contribution is 5.77. The van der Waals surface area contributed by atoms with Crippen molar-refractivity contribution >= 4 is 17.6 Å². The number of hydrogen-bond donors (Lipinski definition) is 2. The number of carbonyl (C=O) groups is 2. The van der Waals surface area contributed by atoms with Gasteiger partial charge in [-0.1, -0.05) is 0 Å². The second-order valence-electron chi connectivity index (χ2n) is 6.11. The number of rotatable bonds is 7. The quantitative estimate of drug-likeness (QED) is 0.521. The molecule has 1 fully saturated rings. The van der Waals surface area contributed by atoms with Gasteiger partial charge in [-0.2, -0.15) is 0 Å². The molecule has 1 aliphatic heterocycles. The van der Waals surface area contributed by atoms with E-state index in [0.29, 0.717) is 18.9 Å². The SMILES string of the molecule is Cc1nc([N+](=O)[O-])cn1CC(=O)N1CCCCC1CNC(=O)CCN.